The number of carbonyl (C=O) groups is 3. The summed E-state index contributed by atoms with van der Waals surface area (Å²) in [5.74, 6) is 0.234. The van der Waals surface area contributed by atoms with E-state index < -0.39 is 5.91 Å². The van der Waals surface area contributed by atoms with Gasteiger partial charge >= 0.3 is 0 Å². The van der Waals surface area contributed by atoms with E-state index >= 15 is 0 Å². The van der Waals surface area contributed by atoms with Crippen molar-refractivity contribution in [1.29, 1.82) is 0 Å². The number of hydrogen-bond acceptors (Lipinski definition) is 5. The molecule has 3 aromatic rings. The van der Waals surface area contributed by atoms with Crippen LogP contribution >= 0.6 is 0 Å². The second-order valence-electron chi connectivity index (χ2n) is 5.38. The molecule has 0 aliphatic rings. The second kappa shape index (κ2) is 7.43. The number of aldehydes is 2. The molecule has 0 aliphatic heterocycles. The highest BCUT2D eigenvalue weighted by Crippen LogP contribution is 2.18. The lowest BCUT2D eigenvalue weighted by Crippen LogP contribution is -2.17. The summed E-state index contributed by atoms with van der Waals surface area (Å²) < 4.78 is 6.50. The molecule has 7 nitrogen and oxygen atoms in total. The summed E-state index contributed by atoms with van der Waals surface area (Å²) >= 11 is 0. The Balaban J connectivity index is 1.92. The van der Waals surface area contributed by atoms with Gasteiger partial charge in [0.05, 0.1) is 12.8 Å². The lowest BCUT2D eigenvalue weighted by molar-refractivity contribution is 0.101. The van der Waals surface area contributed by atoms with Crippen LogP contribution in [0.1, 0.15) is 31.3 Å². The molecule has 0 saturated heterocycles. The molecule has 130 valence electrons. The molecular formula is C19H15N3O4. The highest BCUT2D eigenvalue weighted by Gasteiger charge is 2.17. The molecule has 1 amide bonds. The van der Waals surface area contributed by atoms with E-state index in [1.165, 1.54) is 10.7 Å². The standard InChI is InChI=1S/C19H15N3O4/c1-26-17-8-6-16(7-9-17)22-18(10-15(12-24)21-22)19(25)20-14-4-2-13(11-23)3-5-14/h2-12H,1H3,(H,20,25). The summed E-state index contributed by atoms with van der Waals surface area (Å²) in [6.45, 7) is 0. The van der Waals surface area contributed by atoms with Gasteiger partial charge in [-0.1, -0.05) is 0 Å². The maximum absolute atomic E-state index is 12.6. The van der Waals surface area contributed by atoms with E-state index in [-0.39, 0.29) is 11.4 Å². The summed E-state index contributed by atoms with van der Waals surface area (Å²) in [6.07, 6.45) is 1.30. The van der Waals surface area contributed by atoms with E-state index in [0.29, 0.717) is 29.0 Å². The number of aromatic nitrogens is 2. The molecule has 1 heterocycles. The van der Waals surface area contributed by atoms with Crippen molar-refractivity contribution < 1.29 is 19.1 Å². The van der Waals surface area contributed by atoms with Gasteiger partial charge in [-0.05, 0) is 48.5 Å². The molecule has 0 radical (unpaired) electrons. The molecule has 0 spiro atoms. The van der Waals surface area contributed by atoms with E-state index in [0.717, 1.165) is 6.29 Å². The Bertz CT molecular complexity index is 944. The van der Waals surface area contributed by atoms with Crippen molar-refractivity contribution in [3.05, 3.63) is 71.5 Å². The van der Waals surface area contributed by atoms with Crippen molar-refractivity contribution in [2.24, 2.45) is 0 Å². The normalized spacial score (nSPS) is 10.2. The first-order valence-corrected chi connectivity index (χ1v) is 7.71. The van der Waals surface area contributed by atoms with Gasteiger partial charge in [-0.25, -0.2) is 4.68 Å². The fourth-order valence-corrected chi connectivity index (χ4v) is 2.38. The molecular weight excluding hydrogens is 334 g/mol. The molecule has 0 fully saturated rings. The number of benzene rings is 2. The lowest BCUT2D eigenvalue weighted by Gasteiger charge is -2.09. The van der Waals surface area contributed by atoms with Crippen LogP contribution in [-0.4, -0.2) is 35.4 Å². The molecule has 2 aromatic carbocycles. The Hall–Kier alpha value is -3.74. The molecule has 0 aliphatic carbocycles. The zero-order chi connectivity index (χ0) is 18.5. The molecule has 26 heavy (non-hydrogen) atoms. The van der Waals surface area contributed by atoms with Crippen molar-refractivity contribution in [2.75, 3.05) is 12.4 Å². The van der Waals surface area contributed by atoms with Crippen LogP contribution < -0.4 is 10.1 Å². The Morgan fingerprint density at radius 2 is 1.73 bits per heavy atom. The monoisotopic (exact) mass is 349 g/mol. The van der Waals surface area contributed by atoms with Gasteiger partial charge in [-0.3, -0.25) is 14.4 Å². The first kappa shape index (κ1) is 17.1. The fourth-order valence-electron chi connectivity index (χ4n) is 2.38. The minimum Gasteiger partial charge on any atom is -0.497 e. The van der Waals surface area contributed by atoms with Crippen LogP contribution in [0.15, 0.2) is 54.6 Å². The van der Waals surface area contributed by atoms with Gasteiger partial charge in [-0.2, -0.15) is 5.10 Å². The summed E-state index contributed by atoms with van der Waals surface area (Å²) in [6, 6.07) is 14.8. The first-order chi connectivity index (χ1) is 12.6. The highest BCUT2D eigenvalue weighted by molar-refractivity contribution is 6.04. The van der Waals surface area contributed by atoms with Gasteiger partial charge in [0, 0.05) is 17.3 Å². The fraction of sp³-hybridized carbons (Fsp3) is 0.0526. The van der Waals surface area contributed by atoms with Gasteiger partial charge in [0.2, 0.25) is 0 Å². The van der Waals surface area contributed by atoms with Crippen LogP contribution in [0, 0.1) is 0 Å². The second-order valence-corrected chi connectivity index (χ2v) is 5.38. The number of ether oxygens (including phenoxy) is 1. The number of nitrogens with zero attached hydrogens (tertiary/aromatic N) is 2. The van der Waals surface area contributed by atoms with E-state index in [4.69, 9.17) is 4.74 Å². The zero-order valence-electron chi connectivity index (χ0n) is 13.9. The Morgan fingerprint density at radius 1 is 1.04 bits per heavy atom. The van der Waals surface area contributed by atoms with E-state index in [1.54, 1.807) is 55.6 Å². The lowest BCUT2D eigenvalue weighted by atomic mass is 10.2. The van der Waals surface area contributed by atoms with E-state index in [1.807, 2.05) is 0 Å². The number of rotatable bonds is 6. The minimum atomic E-state index is -0.430. The number of hydrogen-bond donors (Lipinski definition) is 1. The highest BCUT2D eigenvalue weighted by atomic mass is 16.5. The van der Waals surface area contributed by atoms with Crippen molar-refractivity contribution in [3.63, 3.8) is 0 Å². The SMILES string of the molecule is COc1ccc(-n2nc(C=O)cc2C(=O)Nc2ccc(C=O)cc2)cc1. The minimum absolute atomic E-state index is 0.141. The van der Waals surface area contributed by atoms with Crippen molar-refractivity contribution in [2.45, 2.75) is 0 Å². The molecule has 0 atom stereocenters. The number of amides is 1. The molecule has 0 unspecified atom stereocenters. The third-order valence-electron chi connectivity index (χ3n) is 3.70. The van der Waals surface area contributed by atoms with Crippen LogP contribution in [0.5, 0.6) is 5.75 Å². The van der Waals surface area contributed by atoms with Gasteiger partial charge in [0.25, 0.3) is 5.91 Å². The first-order valence-electron chi connectivity index (χ1n) is 7.71. The third kappa shape index (κ3) is 3.51. The van der Waals surface area contributed by atoms with E-state index in [9.17, 15) is 14.4 Å². The molecule has 0 saturated carbocycles. The Morgan fingerprint density at radius 3 is 2.31 bits per heavy atom. The summed E-state index contributed by atoms with van der Waals surface area (Å²) in [5.41, 5.74) is 1.99. The Labute approximate surface area is 149 Å². The number of anilines is 1. The van der Waals surface area contributed by atoms with Gasteiger partial charge in [0.1, 0.15) is 23.4 Å². The maximum Gasteiger partial charge on any atom is 0.274 e. The predicted octanol–water partition coefficient (Wildman–Crippen LogP) is 2.76. The summed E-state index contributed by atoms with van der Waals surface area (Å²) in [5, 5.41) is 6.87. The molecule has 7 heteroatoms. The summed E-state index contributed by atoms with van der Waals surface area (Å²) in [7, 11) is 1.56. The largest absolute Gasteiger partial charge is 0.497 e. The smallest absolute Gasteiger partial charge is 0.274 e. The average Bonchev–Trinajstić information content (AvgIpc) is 3.13. The molecule has 0 bridgehead atoms. The van der Waals surface area contributed by atoms with Gasteiger partial charge < -0.3 is 10.1 Å². The number of nitrogens with one attached hydrogen (secondary N) is 1. The Kier molecular flexibility index (Phi) is 4.89. The number of carbonyl (C=O) groups excluding carboxylic acids is 3. The number of methoxy groups -OCH3 is 1. The van der Waals surface area contributed by atoms with Crippen LogP contribution in [0.2, 0.25) is 0 Å². The van der Waals surface area contributed by atoms with Crippen molar-refractivity contribution in [1.82, 2.24) is 9.78 Å². The van der Waals surface area contributed by atoms with Crippen LogP contribution in [-0.2, 0) is 0 Å². The quantitative estimate of drug-likeness (QED) is 0.691. The third-order valence-corrected chi connectivity index (χ3v) is 3.70. The van der Waals surface area contributed by atoms with Crippen molar-refractivity contribution >= 4 is 24.2 Å². The topological polar surface area (TPSA) is 90.3 Å². The maximum atomic E-state index is 12.6. The zero-order valence-corrected chi connectivity index (χ0v) is 13.9. The molecule has 1 aromatic heterocycles. The van der Waals surface area contributed by atoms with Gasteiger partial charge in [0.15, 0.2) is 6.29 Å². The van der Waals surface area contributed by atoms with Gasteiger partial charge in [-0.15, -0.1) is 0 Å². The summed E-state index contributed by atoms with van der Waals surface area (Å²) in [4.78, 5) is 34.4. The average molecular weight is 349 g/mol. The van der Waals surface area contributed by atoms with Crippen LogP contribution in [0.3, 0.4) is 0 Å². The van der Waals surface area contributed by atoms with Crippen molar-refractivity contribution in [3.8, 4) is 11.4 Å². The van der Waals surface area contributed by atoms with Crippen LogP contribution in [0.4, 0.5) is 5.69 Å². The predicted molar refractivity (Wildman–Crippen MR) is 95.3 cm³/mol. The molecule has 3 rings (SSSR count). The van der Waals surface area contributed by atoms with E-state index in [2.05, 4.69) is 10.4 Å². The molecule has 1 N–H and O–H groups in total. The van der Waals surface area contributed by atoms with Crippen LogP contribution in [0.25, 0.3) is 5.69 Å².